The molecule has 0 unspecified atom stereocenters. The molecule has 0 aliphatic rings. The fourth-order valence-corrected chi connectivity index (χ4v) is 2.85. The van der Waals surface area contributed by atoms with Crippen molar-refractivity contribution >= 4 is 15.7 Å². The summed E-state index contributed by atoms with van der Waals surface area (Å²) in [7, 11) is -3.52. The van der Waals surface area contributed by atoms with E-state index >= 15 is 0 Å². The van der Waals surface area contributed by atoms with Gasteiger partial charge in [0.1, 0.15) is 5.82 Å². The fourth-order valence-electron chi connectivity index (χ4n) is 1.95. The summed E-state index contributed by atoms with van der Waals surface area (Å²) in [4.78, 5) is 11.4. The van der Waals surface area contributed by atoms with E-state index in [1.54, 1.807) is 12.1 Å². The molecule has 0 saturated carbocycles. The van der Waals surface area contributed by atoms with E-state index in [1.165, 1.54) is 24.3 Å². The van der Waals surface area contributed by atoms with Crippen LogP contribution in [0.1, 0.15) is 10.4 Å². The first-order chi connectivity index (χ1) is 9.32. The highest BCUT2D eigenvalue weighted by molar-refractivity contribution is 7.90. The third-order valence-electron chi connectivity index (χ3n) is 2.77. The van der Waals surface area contributed by atoms with Crippen molar-refractivity contribution in [3.63, 3.8) is 0 Å². The van der Waals surface area contributed by atoms with E-state index in [9.17, 15) is 17.6 Å². The highest BCUT2D eigenvalue weighted by atomic mass is 32.2. The van der Waals surface area contributed by atoms with E-state index in [2.05, 4.69) is 6.07 Å². The number of benzene rings is 2. The predicted octanol–water partition coefficient (Wildman–Crippen LogP) is 1.80. The SMILES string of the molecule is CS(=O)(=O)c1ccccc1-c1cc[c]c(F)c1C(N)=O. The second-order valence-corrected chi connectivity index (χ2v) is 6.20. The predicted molar refractivity (Wildman–Crippen MR) is 72.3 cm³/mol. The van der Waals surface area contributed by atoms with E-state index in [-0.39, 0.29) is 21.6 Å². The van der Waals surface area contributed by atoms with Crippen molar-refractivity contribution < 1.29 is 17.6 Å². The molecule has 1 amide bonds. The summed E-state index contributed by atoms with van der Waals surface area (Å²) in [5.74, 6) is -1.88. The number of hydrogen-bond donors (Lipinski definition) is 1. The van der Waals surface area contributed by atoms with Gasteiger partial charge in [-0.3, -0.25) is 4.79 Å². The molecule has 103 valence electrons. The van der Waals surface area contributed by atoms with E-state index in [0.29, 0.717) is 0 Å². The first-order valence-electron chi connectivity index (χ1n) is 5.62. The van der Waals surface area contributed by atoms with Crippen LogP contribution in [-0.4, -0.2) is 20.6 Å². The highest BCUT2D eigenvalue weighted by Gasteiger charge is 2.20. The zero-order chi connectivity index (χ0) is 14.9. The third kappa shape index (κ3) is 2.55. The normalized spacial score (nSPS) is 11.3. The highest BCUT2D eigenvalue weighted by Crippen LogP contribution is 2.30. The molecule has 2 aromatic rings. The monoisotopic (exact) mass is 292 g/mol. The smallest absolute Gasteiger partial charge is 0.252 e. The maximum Gasteiger partial charge on any atom is 0.252 e. The summed E-state index contributed by atoms with van der Waals surface area (Å²) in [6, 6.07) is 11.0. The van der Waals surface area contributed by atoms with Crippen molar-refractivity contribution in [2.75, 3.05) is 6.26 Å². The molecule has 2 rings (SSSR count). The first-order valence-corrected chi connectivity index (χ1v) is 7.51. The summed E-state index contributed by atoms with van der Waals surface area (Å²) < 4.78 is 37.3. The van der Waals surface area contributed by atoms with E-state index in [4.69, 9.17) is 5.73 Å². The fraction of sp³-hybridized carbons (Fsp3) is 0.0714. The Labute approximate surface area is 116 Å². The van der Waals surface area contributed by atoms with Crippen LogP contribution in [0.25, 0.3) is 11.1 Å². The van der Waals surface area contributed by atoms with Crippen molar-refractivity contribution in [3.05, 3.63) is 53.8 Å². The van der Waals surface area contributed by atoms with Crippen LogP contribution >= 0.6 is 0 Å². The summed E-state index contributed by atoms with van der Waals surface area (Å²) in [6.07, 6.45) is 1.04. The van der Waals surface area contributed by atoms with Gasteiger partial charge in [0.05, 0.1) is 10.5 Å². The van der Waals surface area contributed by atoms with Gasteiger partial charge in [-0.25, -0.2) is 12.8 Å². The van der Waals surface area contributed by atoms with Crippen LogP contribution in [-0.2, 0) is 9.84 Å². The molecule has 4 nitrogen and oxygen atoms in total. The van der Waals surface area contributed by atoms with Gasteiger partial charge in [-0.2, -0.15) is 0 Å². The Balaban J connectivity index is 2.84. The number of carbonyl (C=O) groups is 1. The number of primary amides is 1. The minimum Gasteiger partial charge on any atom is -0.365 e. The van der Waals surface area contributed by atoms with Crippen LogP contribution in [0, 0.1) is 11.9 Å². The molecule has 0 atom stereocenters. The molecular weight excluding hydrogens is 281 g/mol. The second kappa shape index (κ2) is 5.05. The summed E-state index contributed by atoms with van der Waals surface area (Å²) in [5.41, 5.74) is 5.16. The molecule has 0 heterocycles. The van der Waals surface area contributed by atoms with Gasteiger partial charge in [0.2, 0.25) is 0 Å². The molecule has 20 heavy (non-hydrogen) atoms. The lowest BCUT2D eigenvalue weighted by atomic mass is 9.99. The van der Waals surface area contributed by atoms with Crippen LogP contribution < -0.4 is 5.73 Å². The van der Waals surface area contributed by atoms with Gasteiger partial charge in [-0.1, -0.05) is 30.3 Å². The van der Waals surface area contributed by atoms with Crippen LogP contribution in [0.15, 0.2) is 41.3 Å². The van der Waals surface area contributed by atoms with Crippen LogP contribution in [0.3, 0.4) is 0 Å². The Morgan fingerprint density at radius 2 is 1.85 bits per heavy atom. The third-order valence-corrected chi connectivity index (χ3v) is 3.93. The van der Waals surface area contributed by atoms with Gasteiger partial charge in [-0.05, 0) is 11.6 Å². The van der Waals surface area contributed by atoms with Crippen LogP contribution in [0.4, 0.5) is 4.39 Å². The molecule has 0 bridgehead atoms. The van der Waals surface area contributed by atoms with Crippen LogP contribution in [0.2, 0.25) is 0 Å². The zero-order valence-corrected chi connectivity index (χ0v) is 11.4. The average molecular weight is 292 g/mol. The van der Waals surface area contributed by atoms with E-state index in [1.807, 2.05) is 0 Å². The largest absolute Gasteiger partial charge is 0.365 e. The number of nitrogens with two attached hydrogens (primary N) is 1. The average Bonchev–Trinajstić information content (AvgIpc) is 2.37. The standard InChI is InChI=1S/C14H11FNO3S/c1-20(18,19)12-8-3-2-5-9(12)10-6-4-7-11(15)13(10)14(16)17/h2-6,8H,1H3,(H2,16,17). The van der Waals surface area contributed by atoms with Crippen molar-refractivity contribution in [1.29, 1.82) is 0 Å². The maximum absolute atomic E-state index is 13.7. The molecule has 0 aliphatic heterocycles. The molecule has 2 N–H and O–H groups in total. The maximum atomic E-state index is 13.7. The number of amides is 1. The number of sulfone groups is 1. The molecule has 0 saturated heterocycles. The Hall–Kier alpha value is -2.21. The number of halogens is 1. The van der Waals surface area contributed by atoms with Crippen molar-refractivity contribution in [1.82, 2.24) is 0 Å². The lowest BCUT2D eigenvalue weighted by molar-refractivity contribution is 0.0997. The van der Waals surface area contributed by atoms with Gasteiger partial charge in [0, 0.05) is 17.9 Å². The molecule has 6 heteroatoms. The number of carbonyl (C=O) groups excluding carboxylic acids is 1. The molecule has 0 aromatic heterocycles. The summed E-state index contributed by atoms with van der Waals surface area (Å²) in [6.45, 7) is 0. The Kier molecular flexibility index (Phi) is 3.59. The second-order valence-electron chi connectivity index (χ2n) is 4.21. The van der Waals surface area contributed by atoms with E-state index < -0.39 is 21.6 Å². The van der Waals surface area contributed by atoms with Crippen molar-refractivity contribution in [2.24, 2.45) is 5.73 Å². The molecule has 0 aliphatic carbocycles. The van der Waals surface area contributed by atoms with Gasteiger partial charge in [0.25, 0.3) is 5.91 Å². The summed E-state index contributed by atoms with van der Waals surface area (Å²) >= 11 is 0. The minimum atomic E-state index is -3.52. The Morgan fingerprint density at radius 3 is 2.45 bits per heavy atom. The van der Waals surface area contributed by atoms with Crippen molar-refractivity contribution in [3.8, 4) is 11.1 Å². The zero-order valence-electron chi connectivity index (χ0n) is 10.6. The lowest BCUT2D eigenvalue weighted by Crippen LogP contribution is -2.15. The summed E-state index contributed by atoms with van der Waals surface area (Å²) in [5, 5.41) is 0. The van der Waals surface area contributed by atoms with Gasteiger partial charge in [-0.15, -0.1) is 0 Å². The number of rotatable bonds is 3. The minimum absolute atomic E-state index is 0.00750. The lowest BCUT2D eigenvalue weighted by Gasteiger charge is -2.11. The molecular formula is C14H11FNO3S. The number of hydrogen-bond acceptors (Lipinski definition) is 3. The van der Waals surface area contributed by atoms with Crippen molar-refractivity contribution in [2.45, 2.75) is 4.90 Å². The Morgan fingerprint density at radius 1 is 1.20 bits per heavy atom. The molecule has 1 radical (unpaired) electrons. The topological polar surface area (TPSA) is 77.2 Å². The molecule has 0 spiro atoms. The Bertz CT molecular complexity index is 785. The van der Waals surface area contributed by atoms with Crippen LogP contribution in [0.5, 0.6) is 0 Å². The molecule has 2 aromatic carbocycles. The first kappa shape index (κ1) is 14.2. The van der Waals surface area contributed by atoms with E-state index in [0.717, 1.165) is 6.26 Å². The van der Waals surface area contributed by atoms with Gasteiger partial charge >= 0.3 is 0 Å². The van der Waals surface area contributed by atoms with Gasteiger partial charge < -0.3 is 5.73 Å². The van der Waals surface area contributed by atoms with Gasteiger partial charge in [0.15, 0.2) is 9.84 Å². The quantitative estimate of drug-likeness (QED) is 0.937. The molecule has 0 fully saturated rings.